The summed E-state index contributed by atoms with van der Waals surface area (Å²) < 4.78 is 0. The quantitative estimate of drug-likeness (QED) is 0.881. The molecule has 0 fully saturated rings. The maximum absolute atomic E-state index is 11.5. The summed E-state index contributed by atoms with van der Waals surface area (Å²) in [6.45, 7) is 5.55. The van der Waals surface area contributed by atoms with Crippen LogP contribution in [0.4, 0.5) is 5.82 Å². The molecule has 0 aliphatic carbocycles. The summed E-state index contributed by atoms with van der Waals surface area (Å²) in [5, 5.41) is 20.7. The molecule has 0 radical (unpaired) electrons. The lowest BCUT2D eigenvalue weighted by Crippen LogP contribution is -2.16. The molecule has 0 saturated carbocycles. The highest BCUT2D eigenvalue weighted by Gasteiger charge is 2.20. The molecule has 0 aliphatic rings. The zero-order valence-corrected chi connectivity index (χ0v) is 12.4. The predicted octanol–water partition coefficient (Wildman–Crippen LogP) is 3.35. The highest BCUT2D eigenvalue weighted by atomic mass is 16.4. The molecule has 1 atom stereocenters. The third kappa shape index (κ3) is 3.18. The molecule has 5 heteroatoms. The van der Waals surface area contributed by atoms with Gasteiger partial charge in [0.2, 0.25) is 0 Å². The van der Waals surface area contributed by atoms with Crippen LogP contribution < -0.4 is 5.32 Å². The van der Waals surface area contributed by atoms with E-state index in [4.69, 9.17) is 0 Å². The number of hydrogen-bond donors (Lipinski definition) is 2. The summed E-state index contributed by atoms with van der Waals surface area (Å²) in [5.41, 5.74) is 2.56. The third-order valence-electron chi connectivity index (χ3n) is 3.59. The Hall–Kier alpha value is -2.43. The Labute approximate surface area is 124 Å². The number of carbonyl (C=O) groups is 1. The predicted molar refractivity (Wildman–Crippen MR) is 81.6 cm³/mol. The van der Waals surface area contributed by atoms with Gasteiger partial charge in [0.1, 0.15) is 5.56 Å². The number of carboxylic acid groups (broad SMARTS) is 1. The minimum absolute atomic E-state index is 0.000654. The van der Waals surface area contributed by atoms with E-state index in [0.717, 1.165) is 12.0 Å². The van der Waals surface area contributed by atoms with Crippen molar-refractivity contribution < 1.29 is 9.90 Å². The first-order valence-corrected chi connectivity index (χ1v) is 6.93. The van der Waals surface area contributed by atoms with Crippen molar-refractivity contribution in [3.63, 3.8) is 0 Å². The van der Waals surface area contributed by atoms with E-state index < -0.39 is 5.97 Å². The SMILES string of the molecule is CCC(Nc1nnc(C)c(C)c1C(=O)O)c1ccccc1. The number of aryl methyl sites for hydroxylation is 1. The fraction of sp³-hybridized carbons (Fsp3) is 0.312. The van der Waals surface area contributed by atoms with Gasteiger partial charge in [0, 0.05) is 0 Å². The van der Waals surface area contributed by atoms with Crippen molar-refractivity contribution in [2.45, 2.75) is 33.2 Å². The van der Waals surface area contributed by atoms with E-state index in [1.54, 1.807) is 13.8 Å². The molecular weight excluding hydrogens is 266 g/mol. The van der Waals surface area contributed by atoms with Crippen LogP contribution in [-0.2, 0) is 0 Å². The van der Waals surface area contributed by atoms with E-state index in [0.29, 0.717) is 17.1 Å². The van der Waals surface area contributed by atoms with E-state index in [2.05, 4.69) is 15.5 Å². The Morgan fingerprint density at radius 3 is 2.48 bits per heavy atom. The van der Waals surface area contributed by atoms with E-state index in [1.165, 1.54) is 0 Å². The first-order chi connectivity index (χ1) is 10.0. The first kappa shape index (κ1) is 15.0. The standard InChI is InChI=1S/C16H19N3O2/c1-4-13(12-8-6-5-7-9-12)17-15-14(16(20)21)10(2)11(3)18-19-15/h5-9,13H,4H2,1-3H3,(H,17,19)(H,20,21). The second-order valence-electron chi connectivity index (χ2n) is 4.96. The van der Waals surface area contributed by atoms with Gasteiger partial charge in [-0.05, 0) is 31.4 Å². The van der Waals surface area contributed by atoms with Crippen LogP contribution in [0.5, 0.6) is 0 Å². The van der Waals surface area contributed by atoms with E-state index in [9.17, 15) is 9.90 Å². The number of nitrogens with one attached hydrogen (secondary N) is 1. The summed E-state index contributed by atoms with van der Waals surface area (Å²) in [5.74, 6) is -0.669. The molecule has 5 nitrogen and oxygen atoms in total. The highest BCUT2D eigenvalue weighted by molar-refractivity contribution is 5.94. The molecule has 1 aromatic heterocycles. The molecule has 2 rings (SSSR count). The van der Waals surface area contributed by atoms with Crippen LogP contribution in [0.15, 0.2) is 30.3 Å². The molecule has 1 unspecified atom stereocenters. The van der Waals surface area contributed by atoms with Crippen molar-refractivity contribution in [3.8, 4) is 0 Å². The molecule has 2 N–H and O–H groups in total. The van der Waals surface area contributed by atoms with E-state index in [-0.39, 0.29) is 11.6 Å². The van der Waals surface area contributed by atoms with Crippen LogP contribution in [0, 0.1) is 13.8 Å². The van der Waals surface area contributed by atoms with Crippen molar-refractivity contribution >= 4 is 11.8 Å². The molecule has 0 saturated heterocycles. The monoisotopic (exact) mass is 285 g/mol. The van der Waals surface area contributed by atoms with Gasteiger partial charge in [0.25, 0.3) is 0 Å². The number of carboxylic acids is 1. The normalized spacial score (nSPS) is 12.0. The molecule has 0 amide bonds. The van der Waals surface area contributed by atoms with E-state index in [1.807, 2.05) is 37.3 Å². The second kappa shape index (κ2) is 6.35. The zero-order valence-electron chi connectivity index (χ0n) is 12.4. The van der Waals surface area contributed by atoms with Gasteiger partial charge in [-0.25, -0.2) is 4.79 Å². The maximum Gasteiger partial charge on any atom is 0.339 e. The van der Waals surface area contributed by atoms with Gasteiger partial charge >= 0.3 is 5.97 Å². The first-order valence-electron chi connectivity index (χ1n) is 6.93. The van der Waals surface area contributed by atoms with Crippen LogP contribution in [-0.4, -0.2) is 21.3 Å². The smallest absolute Gasteiger partial charge is 0.339 e. The van der Waals surface area contributed by atoms with Crippen LogP contribution in [0.1, 0.15) is 46.6 Å². The van der Waals surface area contributed by atoms with Crippen LogP contribution >= 0.6 is 0 Å². The Kier molecular flexibility index (Phi) is 4.52. The van der Waals surface area contributed by atoms with Gasteiger partial charge < -0.3 is 10.4 Å². The molecule has 1 aromatic carbocycles. The molecule has 21 heavy (non-hydrogen) atoms. The minimum atomic E-state index is -0.990. The Morgan fingerprint density at radius 2 is 1.90 bits per heavy atom. The molecule has 0 bridgehead atoms. The summed E-state index contributed by atoms with van der Waals surface area (Å²) in [6.07, 6.45) is 0.817. The number of aromatic carboxylic acids is 1. The van der Waals surface area contributed by atoms with Crippen molar-refractivity contribution in [2.75, 3.05) is 5.32 Å². The number of benzene rings is 1. The summed E-state index contributed by atoms with van der Waals surface area (Å²) >= 11 is 0. The van der Waals surface area contributed by atoms with Crippen LogP contribution in [0.3, 0.4) is 0 Å². The number of rotatable bonds is 5. The molecule has 1 heterocycles. The number of nitrogens with zero attached hydrogens (tertiary/aromatic N) is 2. The Balaban J connectivity index is 2.39. The third-order valence-corrected chi connectivity index (χ3v) is 3.59. The molecule has 0 spiro atoms. The van der Waals surface area contributed by atoms with Gasteiger partial charge in [-0.3, -0.25) is 0 Å². The lowest BCUT2D eigenvalue weighted by atomic mass is 10.0. The largest absolute Gasteiger partial charge is 0.478 e. The van der Waals surface area contributed by atoms with Gasteiger partial charge in [-0.2, -0.15) is 5.10 Å². The fourth-order valence-electron chi connectivity index (χ4n) is 2.24. The van der Waals surface area contributed by atoms with Gasteiger partial charge in [0.05, 0.1) is 11.7 Å². The molecule has 0 aliphatic heterocycles. The highest BCUT2D eigenvalue weighted by Crippen LogP contribution is 2.25. The molecular formula is C16H19N3O2. The van der Waals surface area contributed by atoms with Crippen molar-refractivity contribution in [2.24, 2.45) is 0 Å². The van der Waals surface area contributed by atoms with Gasteiger partial charge in [-0.1, -0.05) is 37.3 Å². The maximum atomic E-state index is 11.5. The Bertz CT molecular complexity index is 641. The van der Waals surface area contributed by atoms with Crippen molar-refractivity contribution in [1.82, 2.24) is 10.2 Å². The number of aromatic nitrogens is 2. The lowest BCUT2D eigenvalue weighted by molar-refractivity contribution is 0.0696. The average Bonchev–Trinajstić information content (AvgIpc) is 2.48. The number of anilines is 1. The molecule has 2 aromatic rings. The second-order valence-corrected chi connectivity index (χ2v) is 4.96. The minimum Gasteiger partial charge on any atom is -0.478 e. The van der Waals surface area contributed by atoms with Gasteiger partial charge in [-0.15, -0.1) is 5.10 Å². The summed E-state index contributed by atoms with van der Waals surface area (Å²) in [6, 6.07) is 9.90. The van der Waals surface area contributed by atoms with Crippen molar-refractivity contribution in [3.05, 3.63) is 52.7 Å². The topological polar surface area (TPSA) is 75.1 Å². The molecule has 110 valence electrons. The van der Waals surface area contributed by atoms with Crippen molar-refractivity contribution in [1.29, 1.82) is 0 Å². The van der Waals surface area contributed by atoms with Crippen LogP contribution in [0.2, 0.25) is 0 Å². The average molecular weight is 285 g/mol. The summed E-state index contributed by atoms with van der Waals surface area (Å²) in [7, 11) is 0. The van der Waals surface area contributed by atoms with E-state index >= 15 is 0 Å². The number of hydrogen-bond acceptors (Lipinski definition) is 4. The zero-order chi connectivity index (χ0) is 15.4. The Morgan fingerprint density at radius 1 is 1.24 bits per heavy atom. The fourth-order valence-corrected chi connectivity index (χ4v) is 2.24. The summed E-state index contributed by atoms with van der Waals surface area (Å²) in [4.78, 5) is 11.5. The van der Waals surface area contributed by atoms with Crippen LogP contribution in [0.25, 0.3) is 0 Å². The van der Waals surface area contributed by atoms with Gasteiger partial charge in [0.15, 0.2) is 5.82 Å². The lowest BCUT2D eigenvalue weighted by Gasteiger charge is -2.19.